The van der Waals surface area contributed by atoms with Crippen molar-refractivity contribution in [2.45, 2.75) is 33.7 Å². The van der Waals surface area contributed by atoms with Crippen molar-refractivity contribution in [1.29, 1.82) is 0 Å². The van der Waals surface area contributed by atoms with E-state index in [1.54, 1.807) is 20.0 Å². The van der Waals surface area contributed by atoms with Crippen LogP contribution in [0.15, 0.2) is 15.5 Å². The molecule has 2 rings (SSSR count). The molecule has 1 saturated heterocycles. The van der Waals surface area contributed by atoms with Gasteiger partial charge in [0.25, 0.3) is 0 Å². The summed E-state index contributed by atoms with van der Waals surface area (Å²) < 4.78 is 10.3. The van der Waals surface area contributed by atoms with Gasteiger partial charge in [0.15, 0.2) is 5.96 Å². The maximum absolute atomic E-state index is 11.6. The third kappa shape index (κ3) is 4.86. The zero-order valence-corrected chi connectivity index (χ0v) is 16.8. The van der Waals surface area contributed by atoms with Gasteiger partial charge in [0.2, 0.25) is 0 Å². The van der Waals surface area contributed by atoms with Crippen molar-refractivity contribution in [1.82, 2.24) is 10.2 Å². The van der Waals surface area contributed by atoms with Gasteiger partial charge in [-0.1, -0.05) is 13.8 Å². The number of halogens is 1. The van der Waals surface area contributed by atoms with Crippen LogP contribution in [0.3, 0.4) is 0 Å². The predicted octanol–water partition coefficient (Wildman–Crippen LogP) is 2.80. The molecular formula is C16H26IN3O3. The number of methoxy groups -OCH3 is 1. The van der Waals surface area contributed by atoms with Gasteiger partial charge >= 0.3 is 5.97 Å². The first-order valence-corrected chi connectivity index (χ1v) is 7.49. The third-order valence-electron chi connectivity index (χ3n) is 3.98. The summed E-state index contributed by atoms with van der Waals surface area (Å²) in [7, 11) is 3.14. The number of ether oxygens (including phenoxy) is 1. The van der Waals surface area contributed by atoms with Gasteiger partial charge < -0.3 is 19.4 Å². The molecular weight excluding hydrogens is 409 g/mol. The lowest BCUT2D eigenvalue weighted by molar-refractivity contribution is 0.0599. The molecule has 0 bridgehead atoms. The van der Waals surface area contributed by atoms with Crippen LogP contribution in [-0.4, -0.2) is 44.1 Å². The van der Waals surface area contributed by atoms with Crippen molar-refractivity contribution in [3.8, 4) is 0 Å². The number of hydrogen-bond donors (Lipinski definition) is 1. The fourth-order valence-corrected chi connectivity index (χ4v) is 2.74. The van der Waals surface area contributed by atoms with Crippen molar-refractivity contribution < 1.29 is 13.9 Å². The maximum atomic E-state index is 11.6. The molecule has 130 valence electrons. The zero-order chi connectivity index (χ0) is 16.3. The van der Waals surface area contributed by atoms with Crippen molar-refractivity contribution in [3.05, 3.63) is 23.2 Å². The van der Waals surface area contributed by atoms with E-state index in [1.807, 2.05) is 0 Å². The van der Waals surface area contributed by atoms with Gasteiger partial charge in [-0.3, -0.25) is 4.99 Å². The van der Waals surface area contributed by atoms with Gasteiger partial charge in [0.05, 0.1) is 13.7 Å². The number of nitrogens with one attached hydrogen (secondary N) is 1. The fraction of sp³-hybridized carbons (Fsp3) is 0.625. The minimum atomic E-state index is -0.377. The smallest absolute Gasteiger partial charge is 0.341 e. The molecule has 1 fully saturated rings. The molecule has 0 aliphatic carbocycles. The fourth-order valence-electron chi connectivity index (χ4n) is 2.74. The molecule has 0 unspecified atom stereocenters. The number of hydrogen-bond acceptors (Lipinski definition) is 4. The van der Waals surface area contributed by atoms with E-state index in [9.17, 15) is 4.79 Å². The minimum Gasteiger partial charge on any atom is -0.465 e. The number of aryl methyl sites for hydroxylation is 1. The van der Waals surface area contributed by atoms with Crippen LogP contribution in [0.1, 0.15) is 42.1 Å². The molecule has 0 amide bonds. The number of esters is 1. The molecule has 23 heavy (non-hydrogen) atoms. The summed E-state index contributed by atoms with van der Waals surface area (Å²) in [6.07, 6.45) is 1.15. The first kappa shape index (κ1) is 19.8. The van der Waals surface area contributed by atoms with E-state index in [-0.39, 0.29) is 29.9 Å². The SMILES string of the molecule is CN=C(NCc1cc(C(=O)OC)c(C)o1)N1CCC(C)(C)C1.I. The van der Waals surface area contributed by atoms with E-state index in [4.69, 9.17) is 9.15 Å². The van der Waals surface area contributed by atoms with Crippen molar-refractivity contribution in [2.75, 3.05) is 27.2 Å². The van der Waals surface area contributed by atoms with Crippen LogP contribution in [0.2, 0.25) is 0 Å². The Morgan fingerprint density at radius 1 is 1.52 bits per heavy atom. The first-order chi connectivity index (χ1) is 10.4. The molecule has 1 aliphatic heterocycles. The summed E-state index contributed by atoms with van der Waals surface area (Å²) in [5, 5.41) is 3.29. The van der Waals surface area contributed by atoms with Gasteiger partial charge in [0.1, 0.15) is 17.1 Å². The molecule has 0 aromatic carbocycles. The number of nitrogens with zero attached hydrogens (tertiary/aromatic N) is 2. The second-order valence-electron chi connectivity index (χ2n) is 6.41. The molecule has 0 saturated carbocycles. The summed E-state index contributed by atoms with van der Waals surface area (Å²) in [6, 6.07) is 1.72. The lowest BCUT2D eigenvalue weighted by Crippen LogP contribution is -2.40. The van der Waals surface area contributed by atoms with Crippen LogP contribution >= 0.6 is 24.0 Å². The Bertz CT molecular complexity index is 581. The number of carbonyl (C=O) groups is 1. The van der Waals surface area contributed by atoms with E-state index in [0.717, 1.165) is 25.5 Å². The van der Waals surface area contributed by atoms with E-state index < -0.39 is 0 Å². The average Bonchev–Trinajstić information content (AvgIpc) is 3.01. The summed E-state index contributed by atoms with van der Waals surface area (Å²) in [6.45, 7) is 8.75. The number of carbonyl (C=O) groups excluding carboxylic acids is 1. The topological polar surface area (TPSA) is 67.1 Å². The Kier molecular flexibility index (Phi) is 6.91. The van der Waals surface area contributed by atoms with Crippen molar-refractivity contribution in [2.24, 2.45) is 10.4 Å². The molecule has 0 spiro atoms. The number of likely N-dealkylation sites (tertiary alicyclic amines) is 1. The molecule has 7 heteroatoms. The summed E-state index contributed by atoms with van der Waals surface area (Å²) in [5.74, 6) is 1.75. The molecule has 0 radical (unpaired) electrons. The molecule has 2 heterocycles. The maximum Gasteiger partial charge on any atom is 0.341 e. The average molecular weight is 435 g/mol. The van der Waals surface area contributed by atoms with E-state index in [2.05, 4.69) is 29.1 Å². The monoisotopic (exact) mass is 435 g/mol. The highest BCUT2D eigenvalue weighted by molar-refractivity contribution is 14.0. The molecule has 1 aliphatic rings. The lowest BCUT2D eigenvalue weighted by Gasteiger charge is -2.23. The Labute approximate surface area is 154 Å². The molecule has 1 aromatic heterocycles. The highest BCUT2D eigenvalue weighted by Crippen LogP contribution is 2.28. The molecule has 1 aromatic rings. The number of furan rings is 1. The van der Waals surface area contributed by atoms with Gasteiger partial charge in [-0.15, -0.1) is 24.0 Å². The quantitative estimate of drug-likeness (QED) is 0.342. The largest absolute Gasteiger partial charge is 0.465 e. The standard InChI is InChI=1S/C16H25N3O3.HI/c1-11-13(14(20)21-5)8-12(22-11)9-18-15(17-4)19-7-6-16(2,3)10-19;/h8H,6-7,9-10H2,1-5H3,(H,17,18);1H. The van der Waals surface area contributed by atoms with Crippen molar-refractivity contribution in [3.63, 3.8) is 0 Å². The van der Waals surface area contributed by atoms with Crippen LogP contribution in [0.4, 0.5) is 0 Å². The van der Waals surface area contributed by atoms with Gasteiger partial charge in [0, 0.05) is 20.1 Å². The van der Waals surface area contributed by atoms with E-state index >= 15 is 0 Å². The van der Waals surface area contributed by atoms with E-state index in [1.165, 1.54) is 7.11 Å². The van der Waals surface area contributed by atoms with Crippen LogP contribution in [0.25, 0.3) is 0 Å². The van der Waals surface area contributed by atoms with Crippen LogP contribution < -0.4 is 5.32 Å². The highest BCUT2D eigenvalue weighted by atomic mass is 127. The Morgan fingerprint density at radius 3 is 2.74 bits per heavy atom. The van der Waals surface area contributed by atoms with E-state index in [0.29, 0.717) is 29.0 Å². The normalized spacial score (nSPS) is 16.9. The lowest BCUT2D eigenvalue weighted by atomic mass is 9.93. The molecule has 0 atom stereocenters. The molecule has 6 nitrogen and oxygen atoms in total. The van der Waals surface area contributed by atoms with Gasteiger partial charge in [-0.2, -0.15) is 0 Å². The highest BCUT2D eigenvalue weighted by Gasteiger charge is 2.30. The summed E-state index contributed by atoms with van der Waals surface area (Å²) >= 11 is 0. The third-order valence-corrected chi connectivity index (χ3v) is 3.98. The minimum absolute atomic E-state index is 0. The number of rotatable bonds is 3. The number of aliphatic imine (C=N–C) groups is 1. The van der Waals surface area contributed by atoms with Crippen LogP contribution in [0, 0.1) is 12.3 Å². The predicted molar refractivity (Wildman–Crippen MR) is 100 cm³/mol. The second kappa shape index (κ2) is 8.03. The first-order valence-electron chi connectivity index (χ1n) is 7.49. The number of guanidine groups is 1. The van der Waals surface area contributed by atoms with Crippen LogP contribution in [0.5, 0.6) is 0 Å². The Balaban J connectivity index is 0.00000264. The van der Waals surface area contributed by atoms with Crippen molar-refractivity contribution >= 4 is 35.9 Å². The Morgan fingerprint density at radius 2 is 2.22 bits per heavy atom. The summed E-state index contributed by atoms with van der Waals surface area (Å²) in [4.78, 5) is 18.2. The van der Waals surface area contributed by atoms with Crippen LogP contribution in [-0.2, 0) is 11.3 Å². The van der Waals surface area contributed by atoms with Gasteiger partial charge in [-0.25, -0.2) is 4.79 Å². The second-order valence-corrected chi connectivity index (χ2v) is 6.41. The summed E-state index contributed by atoms with van der Waals surface area (Å²) in [5.41, 5.74) is 0.785. The molecule has 1 N–H and O–H groups in total. The Hall–Kier alpha value is -1.25. The van der Waals surface area contributed by atoms with Gasteiger partial charge in [-0.05, 0) is 24.8 Å². The zero-order valence-electron chi connectivity index (χ0n) is 14.4.